The van der Waals surface area contributed by atoms with Crippen molar-refractivity contribution >= 4 is 5.78 Å². The lowest BCUT2D eigenvalue weighted by atomic mass is 10.0. The van der Waals surface area contributed by atoms with E-state index in [1.807, 2.05) is 25.1 Å². The first kappa shape index (κ1) is 15.0. The van der Waals surface area contributed by atoms with Crippen LogP contribution in [0.3, 0.4) is 0 Å². The summed E-state index contributed by atoms with van der Waals surface area (Å²) >= 11 is 0. The lowest BCUT2D eigenvalue weighted by molar-refractivity contribution is 0.101. The Morgan fingerprint density at radius 3 is 2.70 bits per heavy atom. The van der Waals surface area contributed by atoms with E-state index in [4.69, 9.17) is 4.74 Å². The third-order valence-corrected chi connectivity index (χ3v) is 4.20. The molecule has 0 amide bonds. The number of ether oxygens (including phenoxy) is 1. The van der Waals surface area contributed by atoms with Gasteiger partial charge in [0.2, 0.25) is 0 Å². The number of carbonyl (C=O) groups is 1. The van der Waals surface area contributed by atoms with Crippen LogP contribution >= 0.6 is 0 Å². The lowest BCUT2D eigenvalue weighted by Gasteiger charge is -2.32. The van der Waals surface area contributed by atoms with Gasteiger partial charge in [0.1, 0.15) is 5.75 Å². The fourth-order valence-corrected chi connectivity index (χ4v) is 2.88. The number of rotatable bonds is 5. The SMILES string of the molecule is CCOc1ccc(C(C)=O)cc1CN1CCCC1(C)C. The molecule has 2 rings (SSSR count). The lowest BCUT2D eigenvalue weighted by Crippen LogP contribution is -2.37. The van der Waals surface area contributed by atoms with Gasteiger partial charge in [-0.25, -0.2) is 0 Å². The van der Waals surface area contributed by atoms with Crippen LogP contribution in [0.2, 0.25) is 0 Å². The van der Waals surface area contributed by atoms with Gasteiger partial charge in [0.15, 0.2) is 5.78 Å². The first-order valence-electron chi connectivity index (χ1n) is 7.46. The zero-order valence-electron chi connectivity index (χ0n) is 13.0. The van der Waals surface area contributed by atoms with Crippen LogP contribution in [0, 0.1) is 0 Å². The third kappa shape index (κ3) is 3.21. The number of Topliss-reactive ketones (excluding diaryl/α,β-unsaturated/α-hetero) is 1. The Bertz CT molecular complexity index is 494. The molecular formula is C17H25NO2. The van der Waals surface area contributed by atoms with Crippen LogP contribution < -0.4 is 4.74 Å². The van der Waals surface area contributed by atoms with Crippen LogP contribution in [0.25, 0.3) is 0 Å². The van der Waals surface area contributed by atoms with Crippen molar-refractivity contribution in [2.24, 2.45) is 0 Å². The standard InChI is InChI=1S/C17H25NO2/c1-5-20-16-8-7-14(13(2)19)11-15(16)12-18-10-6-9-17(18,3)4/h7-8,11H,5-6,9-10,12H2,1-4H3. The first-order valence-corrected chi connectivity index (χ1v) is 7.46. The molecule has 1 saturated heterocycles. The monoisotopic (exact) mass is 275 g/mol. The van der Waals surface area contributed by atoms with Crippen LogP contribution in [-0.4, -0.2) is 29.4 Å². The summed E-state index contributed by atoms with van der Waals surface area (Å²) in [5.74, 6) is 1.01. The van der Waals surface area contributed by atoms with E-state index in [0.29, 0.717) is 6.61 Å². The molecule has 3 nitrogen and oxygen atoms in total. The van der Waals surface area contributed by atoms with E-state index < -0.39 is 0 Å². The number of nitrogens with zero attached hydrogens (tertiary/aromatic N) is 1. The highest BCUT2D eigenvalue weighted by Crippen LogP contribution is 2.32. The highest BCUT2D eigenvalue weighted by Gasteiger charge is 2.32. The molecule has 0 spiro atoms. The largest absolute Gasteiger partial charge is 0.494 e. The number of hydrogen-bond acceptors (Lipinski definition) is 3. The molecule has 0 aromatic heterocycles. The first-order chi connectivity index (χ1) is 9.44. The topological polar surface area (TPSA) is 29.5 Å². The quantitative estimate of drug-likeness (QED) is 0.768. The van der Waals surface area contributed by atoms with Gasteiger partial charge in [-0.05, 0) is 65.3 Å². The predicted octanol–water partition coefficient (Wildman–Crippen LogP) is 3.66. The summed E-state index contributed by atoms with van der Waals surface area (Å²) in [4.78, 5) is 14.1. The molecule has 1 heterocycles. The number of hydrogen-bond donors (Lipinski definition) is 0. The average Bonchev–Trinajstić information content (AvgIpc) is 2.71. The molecule has 3 heteroatoms. The van der Waals surface area contributed by atoms with Gasteiger partial charge < -0.3 is 4.74 Å². The maximum atomic E-state index is 11.6. The predicted molar refractivity (Wildman–Crippen MR) is 81.3 cm³/mol. The average molecular weight is 275 g/mol. The van der Waals surface area contributed by atoms with Gasteiger partial charge in [0.05, 0.1) is 6.61 Å². The second-order valence-electron chi connectivity index (χ2n) is 6.15. The van der Waals surface area contributed by atoms with Crippen molar-refractivity contribution in [2.75, 3.05) is 13.2 Å². The second-order valence-corrected chi connectivity index (χ2v) is 6.15. The summed E-state index contributed by atoms with van der Waals surface area (Å²) in [6, 6.07) is 5.77. The Hall–Kier alpha value is -1.35. The molecule has 1 aromatic rings. The number of likely N-dealkylation sites (tertiary alicyclic amines) is 1. The van der Waals surface area contributed by atoms with Crippen molar-refractivity contribution in [3.05, 3.63) is 29.3 Å². The van der Waals surface area contributed by atoms with E-state index in [9.17, 15) is 4.79 Å². The molecular weight excluding hydrogens is 250 g/mol. The van der Waals surface area contributed by atoms with Gasteiger partial charge in [-0.1, -0.05) is 0 Å². The fourth-order valence-electron chi connectivity index (χ4n) is 2.88. The summed E-state index contributed by atoms with van der Waals surface area (Å²) in [6.45, 7) is 10.8. The molecule has 110 valence electrons. The van der Waals surface area contributed by atoms with Gasteiger partial charge in [-0.2, -0.15) is 0 Å². The van der Waals surface area contributed by atoms with Crippen LogP contribution in [-0.2, 0) is 6.54 Å². The summed E-state index contributed by atoms with van der Waals surface area (Å²) in [5.41, 5.74) is 2.12. The van der Waals surface area contributed by atoms with Crippen LogP contribution in [0.5, 0.6) is 5.75 Å². The number of benzene rings is 1. The van der Waals surface area contributed by atoms with E-state index in [2.05, 4.69) is 18.7 Å². The Morgan fingerprint density at radius 2 is 2.15 bits per heavy atom. The Balaban J connectivity index is 2.27. The molecule has 0 unspecified atom stereocenters. The van der Waals surface area contributed by atoms with E-state index >= 15 is 0 Å². The fraction of sp³-hybridized carbons (Fsp3) is 0.588. The number of carbonyl (C=O) groups excluding carboxylic acids is 1. The van der Waals surface area contributed by atoms with E-state index in [1.165, 1.54) is 12.8 Å². The van der Waals surface area contributed by atoms with E-state index in [0.717, 1.165) is 30.0 Å². The molecule has 0 bridgehead atoms. The van der Waals surface area contributed by atoms with Crippen molar-refractivity contribution in [2.45, 2.75) is 52.6 Å². The Kier molecular flexibility index (Phi) is 4.48. The molecule has 1 aliphatic rings. The molecule has 0 atom stereocenters. The molecule has 1 aromatic carbocycles. The van der Waals surface area contributed by atoms with Crippen molar-refractivity contribution in [1.29, 1.82) is 0 Å². The summed E-state index contributed by atoms with van der Waals surface area (Å²) < 4.78 is 5.71. The van der Waals surface area contributed by atoms with Gasteiger partial charge in [-0.3, -0.25) is 9.69 Å². The normalized spacial score (nSPS) is 18.2. The maximum Gasteiger partial charge on any atom is 0.159 e. The maximum absolute atomic E-state index is 11.6. The van der Waals surface area contributed by atoms with Crippen LogP contribution in [0.4, 0.5) is 0 Å². The molecule has 0 N–H and O–H groups in total. The zero-order chi connectivity index (χ0) is 14.8. The Labute approximate surface area is 121 Å². The molecule has 0 aliphatic carbocycles. The minimum Gasteiger partial charge on any atom is -0.494 e. The highest BCUT2D eigenvalue weighted by molar-refractivity contribution is 5.94. The third-order valence-electron chi connectivity index (χ3n) is 4.20. The summed E-state index contributed by atoms with van der Waals surface area (Å²) in [7, 11) is 0. The van der Waals surface area contributed by atoms with Gasteiger partial charge in [-0.15, -0.1) is 0 Å². The van der Waals surface area contributed by atoms with E-state index in [1.54, 1.807) is 6.92 Å². The van der Waals surface area contributed by atoms with Crippen molar-refractivity contribution in [1.82, 2.24) is 4.90 Å². The molecule has 1 fully saturated rings. The molecule has 20 heavy (non-hydrogen) atoms. The van der Waals surface area contributed by atoms with Gasteiger partial charge in [0.25, 0.3) is 0 Å². The van der Waals surface area contributed by atoms with Crippen molar-refractivity contribution < 1.29 is 9.53 Å². The minimum atomic E-state index is 0.106. The highest BCUT2D eigenvalue weighted by atomic mass is 16.5. The van der Waals surface area contributed by atoms with Crippen molar-refractivity contribution in [3.63, 3.8) is 0 Å². The zero-order valence-corrected chi connectivity index (χ0v) is 13.0. The Morgan fingerprint density at radius 1 is 1.40 bits per heavy atom. The number of ketones is 1. The van der Waals surface area contributed by atoms with Crippen LogP contribution in [0.15, 0.2) is 18.2 Å². The van der Waals surface area contributed by atoms with E-state index in [-0.39, 0.29) is 11.3 Å². The molecule has 1 aliphatic heterocycles. The van der Waals surface area contributed by atoms with Crippen molar-refractivity contribution in [3.8, 4) is 5.75 Å². The molecule has 0 radical (unpaired) electrons. The molecule has 0 saturated carbocycles. The van der Waals surface area contributed by atoms with Gasteiger partial charge >= 0.3 is 0 Å². The second kappa shape index (κ2) is 5.96. The van der Waals surface area contributed by atoms with Crippen LogP contribution in [0.1, 0.15) is 56.5 Å². The minimum absolute atomic E-state index is 0.106. The summed E-state index contributed by atoms with van der Waals surface area (Å²) in [5, 5.41) is 0. The van der Waals surface area contributed by atoms with Gasteiger partial charge in [0, 0.05) is 23.2 Å². The summed E-state index contributed by atoms with van der Waals surface area (Å²) in [6.07, 6.45) is 2.47. The smallest absolute Gasteiger partial charge is 0.159 e.